The highest BCUT2D eigenvalue weighted by molar-refractivity contribution is 6.39. The lowest BCUT2D eigenvalue weighted by atomic mass is 10.1. The van der Waals surface area contributed by atoms with Crippen LogP contribution in [-0.4, -0.2) is 77.4 Å². The number of fused-ring (bicyclic) bond motifs is 1. The summed E-state index contributed by atoms with van der Waals surface area (Å²) < 4.78 is 19.6. The number of benzene rings is 1. The lowest BCUT2D eigenvalue weighted by molar-refractivity contribution is -0.141. The van der Waals surface area contributed by atoms with Gasteiger partial charge in [0.25, 0.3) is 0 Å². The molecule has 3 heterocycles. The number of pyridine rings is 1. The SMILES string of the molecule is CN(C)C(=O)C(=O)Nc1cc(N2CCOCC2)cn2c(=O)c(O)c(C(=O)CCc3ccc(F)cc3)nc12. The number of hydrogen-bond donors (Lipinski definition) is 2. The van der Waals surface area contributed by atoms with Gasteiger partial charge >= 0.3 is 17.4 Å². The van der Waals surface area contributed by atoms with Gasteiger partial charge in [-0.15, -0.1) is 0 Å². The first kappa shape index (κ1) is 25.8. The second kappa shape index (κ2) is 10.7. The highest BCUT2D eigenvalue weighted by atomic mass is 19.1. The van der Waals surface area contributed by atoms with Gasteiger partial charge in [0.1, 0.15) is 5.82 Å². The number of amides is 2. The van der Waals surface area contributed by atoms with Crippen molar-refractivity contribution in [1.29, 1.82) is 0 Å². The first-order valence-corrected chi connectivity index (χ1v) is 11.6. The Hall–Kier alpha value is -4.32. The molecule has 1 fully saturated rings. The third-order valence-corrected chi connectivity index (χ3v) is 5.93. The van der Waals surface area contributed by atoms with Crippen LogP contribution in [0.15, 0.2) is 41.3 Å². The van der Waals surface area contributed by atoms with Crippen molar-refractivity contribution >= 4 is 34.6 Å². The zero-order chi connectivity index (χ0) is 26.7. The Morgan fingerprint density at radius 3 is 2.49 bits per heavy atom. The highest BCUT2D eigenvalue weighted by Gasteiger charge is 2.24. The molecule has 0 spiro atoms. The lowest BCUT2D eigenvalue weighted by Crippen LogP contribution is -2.37. The number of ether oxygens (including phenoxy) is 1. The Morgan fingerprint density at radius 1 is 1.16 bits per heavy atom. The molecule has 2 aromatic heterocycles. The summed E-state index contributed by atoms with van der Waals surface area (Å²) in [6.07, 6.45) is 1.58. The number of anilines is 2. The fourth-order valence-electron chi connectivity index (χ4n) is 3.90. The van der Waals surface area contributed by atoms with Crippen LogP contribution in [0.3, 0.4) is 0 Å². The van der Waals surface area contributed by atoms with Crippen molar-refractivity contribution in [2.45, 2.75) is 12.8 Å². The third kappa shape index (κ3) is 5.59. The molecule has 0 unspecified atom stereocenters. The molecule has 194 valence electrons. The van der Waals surface area contributed by atoms with Crippen LogP contribution in [0, 0.1) is 5.82 Å². The summed E-state index contributed by atoms with van der Waals surface area (Å²) in [7, 11) is 2.84. The van der Waals surface area contributed by atoms with Gasteiger partial charge in [0, 0.05) is 39.8 Å². The van der Waals surface area contributed by atoms with E-state index in [0.29, 0.717) is 37.6 Å². The summed E-state index contributed by atoms with van der Waals surface area (Å²) in [5.41, 5.74) is -0.224. The van der Waals surface area contributed by atoms with E-state index in [2.05, 4.69) is 10.3 Å². The number of hydrogen-bond acceptors (Lipinski definition) is 8. The van der Waals surface area contributed by atoms with Crippen LogP contribution in [0.5, 0.6) is 5.75 Å². The van der Waals surface area contributed by atoms with Gasteiger partial charge in [0.05, 0.1) is 24.6 Å². The Balaban J connectivity index is 1.75. The topological polar surface area (TPSA) is 134 Å². The summed E-state index contributed by atoms with van der Waals surface area (Å²) in [6, 6.07) is 7.17. The first-order valence-electron chi connectivity index (χ1n) is 11.6. The van der Waals surface area contributed by atoms with Crippen molar-refractivity contribution in [3.63, 3.8) is 0 Å². The Morgan fingerprint density at radius 2 is 1.84 bits per heavy atom. The minimum absolute atomic E-state index is 0.0221. The largest absolute Gasteiger partial charge is 0.501 e. The molecule has 37 heavy (non-hydrogen) atoms. The van der Waals surface area contributed by atoms with Gasteiger partial charge in [-0.25, -0.2) is 9.37 Å². The van der Waals surface area contributed by atoms with E-state index in [0.717, 1.165) is 9.30 Å². The molecular weight excluding hydrogens is 485 g/mol. The zero-order valence-electron chi connectivity index (χ0n) is 20.4. The molecule has 1 aromatic carbocycles. The number of nitrogens with zero attached hydrogens (tertiary/aromatic N) is 4. The van der Waals surface area contributed by atoms with Crippen LogP contribution in [0.4, 0.5) is 15.8 Å². The van der Waals surface area contributed by atoms with Gasteiger partial charge in [-0.1, -0.05) is 12.1 Å². The summed E-state index contributed by atoms with van der Waals surface area (Å²) in [6.45, 7) is 1.95. The van der Waals surface area contributed by atoms with E-state index >= 15 is 0 Å². The summed E-state index contributed by atoms with van der Waals surface area (Å²) in [5, 5.41) is 13.1. The van der Waals surface area contributed by atoms with Crippen LogP contribution in [0.2, 0.25) is 0 Å². The molecule has 12 heteroatoms. The second-order valence-electron chi connectivity index (χ2n) is 8.72. The monoisotopic (exact) mass is 511 g/mol. The number of aryl methyl sites for hydroxylation is 1. The van der Waals surface area contributed by atoms with Gasteiger partial charge in [0.2, 0.25) is 5.75 Å². The number of likely N-dealkylation sites (N-methyl/N-ethyl adjacent to an activating group) is 1. The van der Waals surface area contributed by atoms with Crippen LogP contribution in [0.1, 0.15) is 22.5 Å². The van der Waals surface area contributed by atoms with Crippen LogP contribution in [0.25, 0.3) is 5.65 Å². The van der Waals surface area contributed by atoms with Gasteiger partial charge < -0.3 is 25.0 Å². The number of Topliss-reactive ketones (excluding diaryl/α,β-unsaturated/α-hetero) is 1. The maximum absolute atomic E-state index is 13.2. The summed E-state index contributed by atoms with van der Waals surface area (Å²) in [5.74, 6) is -3.64. The second-order valence-corrected chi connectivity index (χ2v) is 8.72. The molecule has 11 nitrogen and oxygen atoms in total. The normalized spacial score (nSPS) is 13.4. The summed E-state index contributed by atoms with van der Waals surface area (Å²) in [4.78, 5) is 58.0. The van der Waals surface area contributed by atoms with Gasteiger partial charge in [-0.3, -0.25) is 23.6 Å². The average molecular weight is 512 g/mol. The van der Waals surface area contributed by atoms with Gasteiger partial charge in [-0.2, -0.15) is 0 Å². The van der Waals surface area contributed by atoms with Crippen LogP contribution < -0.4 is 15.8 Å². The molecule has 0 saturated carbocycles. The van der Waals surface area contributed by atoms with Crippen molar-refractivity contribution in [1.82, 2.24) is 14.3 Å². The molecule has 0 bridgehead atoms. The number of rotatable bonds is 6. The van der Waals surface area contributed by atoms with Gasteiger partial charge in [-0.05, 0) is 30.2 Å². The molecule has 1 saturated heterocycles. The Bertz CT molecular complexity index is 1410. The number of aromatic nitrogens is 2. The van der Waals surface area contributed by atoms with E-state index in [-0.39, 0.29) is 24.2 Å². The smallest absolute Gasteiger partial charge is 0.313 e. The number of nitrogens with one attached hydrogen (secondary N) is 1. The molecule has 0 aliphatic carbocycles. The number of carbonyl (C=O) groups is 3. The van der Waals surface area contributed by atoms with E-state index in [4.69, 9.17) is 4.74 Å². The number of halogens is 1. The molecular formula is C25H26FN5O6. The molecule has 1 aliphatic heterocycles. The number of aromatic hydroxyl groups is 1. The number of ketones is 1. The van der Waals surface area contributed by atoms with E-state index in [9.17, 15) is 28.7 Å². The molecule has 0 radical (unpaired) electrons. The predicted molar refractivity (Wildman–Crippen MR) is 133 cm³/mol. The fourth-order valence-corrected chi connectivity index (χ4v) is 3.90. The van der Waals surface area contributed by atoms with Gasteiger partial charge in [0.15, 0.2) is 17.1 Å². The minimum Gasteiger partial charge on any atom is -0.501 e. The highest BCUT2D eigenvalue weighted by Crippen LogP contribution is 2.26. The number of carbonyl (C=O) groups excluding carboxylic acids is 3. The Labute approximate surface area is 211 Å². The maximum Gasteiger partial charge on any atom is 0.313 e. The standard InChI is InChI=1S/C25H26FN5O6/c1-29(2)25(36)23(34)27-18-13-17(30-9-11-37-12-10-30)14-31-22(18)28-20(21(33)24(31)35)19(32)8-5-15-3-6-16(26)7-4-15/h3-4,6-7,13-14,33H,5,8-12H2,1-2H3,(H,27,34). The minimum atomic E-state index is -0.961. The number of morpholine rings is 1. The predicted octanol–water partition coefficient (Wildman–Crippen LogP) is 1.22. The van der Waals surface area contributed by atoms with Crippen molar-refractivity contribution in [2.75, 3.05) is 50.6 Å². The van der Waals surface area contributed by atoms with E-state index in [1.165, 1.54) is 44.6 Å². The lowest BCUT2D eigenvalue weighted by Gasteiger charge is -2.29. The Kier molecular flexibility index (Phi) is 7.48. The van der Waals surface area contributed by atoms with E-state index in [1.54, 1.807) is 6.07 Å². The quantitative estimate of drug-likeness (QED) is 0.373. The van der Waals surface area contributed by atoms with Crippen LogP contribution >= 0.6 is 0 Å². The van der Waals surface area contributed by atoms with E-state index in [1.807, 2.05) is 4.90 Å². The van der Waals surface area contributed by atoms with Crippen molar-refractivity contribution in [3.05, 3.63) is 64.0 Å². The van der Waals surface area contributed by atoms with Crippen molar-refractivity contribution in [3.8, 4) is 5.75 Å². The molecule has 4 rings (SSSR count). The molecule has 0 atom stereocenters. The van der Waals surface area contributed by atoms with Crippen molar-refractivity contribution in [2.24, 2.45) is 0 Å². The van der Waals surface area contributed by atoms with Crippen molar-refractivity contribution < 1.29 is 28.6 Å². The van der Waals surface area contributed by atoms with Crippen LogP contribution in [-0.2, 0) is 20.7 Å². The summed E-state index contributed by atoms with van der Waals surface area (Å²) >= 11 is 0. The van der Waals surface area contributed by atoms with E-state index < -0.39 is 40.4 Å². The molecule has 2 N–H and O–H groups in total. The third-order valence-electron chi connectivity index (χ3n) is 5.93. The average Bonchev–Trinajstić information content (AvgIpc) is 2.90. The fraction of sp³-hybridized carbons (Fsp3) is 0.320. The zero-order valence-corrected chi connectivity index (χ0v) is 20.4. The first-order chi connectivity index (χ1) is 17.7. The molecule has 3 aromatic rings. The maximum atomic E-state index is 13.2. The molecule has 2 amide bonds. The molecule has 1 aliphatic rings.